The molecule has 3 aromatic rings. The lowest BCUT2D eigenvalue weighted by Crippen LogP contribution is -2.42. The highest BCUT2D eigenvalue weighted by Gasteiger charge is 2.35. The lowest BCUT2D eigenvalue weighted by atomic mass is 10.0. The van der Waals surface area contributed by atoms with Crippen LogP contribution in [0.1, 0.15) is 18.4 Å². The summed E-state index contributed by atoms with van der Waals surface area (Å²) in [5.41, 5.74) is 3.08. The van der Waals surface area contributed by atoms with E-state index in [0.29, 0.717) is 0 Å². The number of rotatable bonds is 5. The SMILES string of the molecule is Cc1ccc(-c2ccc(S(=O)(=O)N3CCC(S(=O)(=O)c4ccc(F)cc4)CC3)cc2)cc1. The molecule has 5 nitrogen and oxygen atoms in total. The van der Waals surface area contributed by atoms with Crippen molar-refractivity contribution in [3.8, 4) is 11.1 Å². The topological polar surface area (TPSA) is 71.5 Å². The average molecular weight is 474 g/mol. The van der Waals surface area contributed by atoms with Crippen molar-refractivity contribution in [3.63, 3.8) is 0 Å². The van der Waals surface area contributed by atoms with Crippen LogP contribution in [0.4, 0.5) is 4.39 Å². The molecule has 0 aromatic heterocycles. The van der Waals surface area contributed by atoms with Gasteiger partial charge in [-0.3, -0.25) is 0 Å². The van der Waals surface area contributed by atoms with Crippen LogP contribution in [0.5, 0.6) is 0 Å². The number of hydrogen-bond donors (Lipinski definition) is 0. The van der Waals surface area contributed by atoms with Crippen molar-refractivity contribution in [2.24, 2.45) is 0 Å². The number of nitrogens with zero attached hydrogens (tertiary/aromatic N) is 1. The van der Waals surface area contributed by atoms with Gasteiger partial charge in [0.2, 0.25) is 10.0 Å². The molecule has 32 heavy (non-hydrogen) atoms. The molecule has 1 aliphatic rings. The predicted octanol–water partition coefficient (Wildman–Crippen LogP) is 4.43. The molecule has 1 saturated heterocycles. The zero-order valence-electron chi connectivity index (χ0n) is 17.6. The molecular weight excluding hydrogens is 449 g/mol. The van der Waals surface area contributed by atoms with Gasteiger partial charge in [-0.15, -0.1) is 0 Å². The number of sulfone groups is 1. The second-order valence-corrected chi connectivity index (χ2v) is 12.2. The van der Waals surface area contributed by atoms with E-state index in [1.807, 2.05) is 31.2 Å². The molecule has 1 heterocycles. The molecule has 4 rings (SSSR count). The Morgan fingerprint density at radius 1 is 0.719 bits per heavy atom. The molecule has 0 spiro atoms. The summed E-state index contributed by atoms with van der Waals surface area (Å²) in [5.74, 6) is -0.502. The van der Waals surface area contributed by atoms with E-state index < -0.39 is 30.9 Å². The molecule has 0 amide bonds. The summed E-state index contributed by atoms with van der Waals surface area (Å²) in [7, 11) is -7.36. The molecule has 0 atom stereocenters. The summed E-state index contributed by atoms with van der Waals surface area (Å²) >= 11 is 0. The molecular formula is C24H24FNO4S2. The van der Waals surface area contributed by atoms with Crippen LogP contribution >= 0.6 is 0 Å². The first-order chi connectivity index (χ1) is 15.2. The third kappa shape index (κ3) is 4.48. The van der Waals surface area contributed by atoms with Crippen molar-refractivity contribution in [1.82, 2.24) is 4.31 Å². The Morgan fingerprint density at radius 2 is 1.19 bits per heavy atom. The zero-order chi connectivity index (χ0) is 22.9. The van der Waals surface area contributed by atoms with E-state index in [-0.39, 0.29) is 35.7 Å². The van der Waals surface area contributed by atoms with Crippen LogP contribution in [0.3, 0.4) is 0 Å². The Labute approximate surface area is 188 Å². The third-order valence-corrected chi connectivity index (χ3v) is 10.1. The van der Waals surface area contributed by atoms with E-state index in [0.717, 1.165) is 28.8 Å². The highest BCUT2D eigenvalue weighted by atomic mass is 32.2. The Balaban J connectivity index is 1.47. The van der Waals surface area contributed by atoms with Gasteiger partial charge in [0, 0.05) is 13.1 Å². The van der Waals surface area contributed by atoms with E-state index in [9.17, 15) is 21.2 Å². The second kappa shape index (κ2) is 8.77. The normalized spacial score (nSPS) is 16.2. The van der Waals surface area contributed by atoms with Crippen molar-refractivity contribution >= 4 is 19.9 Å². The number of hydrogen-bond acceptors (Lipinski definition) is 4. The first kappa shape index (κ1) is 22.6. The Kier molecular flexibility index (Phi) is 6.20. The molecule has 3 aromatic carbocycles. The minimum atomic E-state index is -3.72. The highest BCUT2D eigenvalue weighted by Crippen LogP contribution is 2.29. The van der Waals surface area contributed by atoms with Gasteiger partial charge < -0.3 is 0 Å². The standard InChI is InChI=1S/C24H24FNO4S2/c1-18-2-4-19(5-3-18)20-6-10-24(11-7-20)32(29,30)26-16-14-23(15-17-26)31(27,28)22-12-8-21(25)9-13-22/h2-13,23H,14-17H2,1H3. The van der Waals surface area contributed by atoms with Crippen molar-refractivity contribution in [2.75, 3.05) is 13.1 Å². The third-order valence-electron chi connectivity index (χ3n) is 5.86. The maximum atomic E-state index is 13.1. The van der Waals surface area contributed by atoms with E-state index >= 15 is 0 Å². The fourth-order valence-corrected chi connectivity index (χ4v) is 7.12. The smallest absolute Gasteiger partial charge is 0.223 e. The van der Waals surface area contributed by atoms with Gasteiger partial charge in [0.25, 0.3) is 0 Å². The van der Waals surface area contributed by atoms with Gasteiger partial charge >= 0.3 is 0 Å². The van der Waals surface area contributed by atoms with E-state index in [1.165, 1.54) is 16.4 Å². The summed E-state index contributed by atoms with van der Waals surface area (Å²) < 4.78 is 66.3. The minimum absolute atomic E-state index is 0.0619. The van der Waals surface area contributed by atoms with Gasteiger partial charge in [-0.2, -0.15) is 4.31 Å². The van der Waals surface area contributed by atoms with Crippen molar-refractivity contribution in [2.45, 2.75) is 34.8 Å². The molecule has 168 valence electrons. The maximum Gasteiger partial charge on any atom is 0.243 e. The highest BCUT2D eigenvalue weighted by molar-refractivity contribution is 7.92. The van der Waals surface area contributed by atoms with Gasteiger partial charge in [0.15, 0.2) is 9.84 Å². The van der Waals surface area contributed by atoms with Gasteiger partial charge in [-0.05, 0) is 67.3 Å². The minimum Gasteiger partial charge on any atom is -0.223 e. The van der Waals surface area contributed by atoms with E-state index in [4.69, 9.17) is 0 Å². The molecule has 8 heteroatoms. The molecule has 0 radical (unpaired) electrons. The van der Waals surface area contributed by atoms with E-state index in [2.05, 4.69) is 0 Å². The van der Waals surface area contributed by atoms with Gasteiger partial charge in [0.05, 0.1) is 15.0 Å². The van der Waals surface area contributed by atoms with Gasteiger partial charge in [0.1, 0.15) is 5.82 Å². The van der Waals surface area contributed by atoms with Crippen LogP contribution < -0.4 is 0 Å². The number of halogens is 1. The second-order valence-electron chi connectivity index (χ2n) is 7.99. The van der Waals surface area contributed by atoms with Gasteiger partial charge in [-0.25, -0.2) is 21.2 Å². The van der Waals surface area contributed by atoms with Crippen LogP contribution in [0.15, 0.2) is 82.6 Å². The van der Waals surface area contributed by atoms with Crippen LogP contribution in [-0.4, -0.2) is 39.5 Å². The van der Waals surface area contributed by atoms with Crippen LogP contribution in [-0.2, 0) is 19.9 Å². The summed E-state index contributed by atoms with van der Waals surface area (Å²) in [6.45, 7) is 2.24. The molecule has 1 aliphatic heterocycles. The van der Waals surface area contributed by atoms with Gasteiger partial charge in [-0.1, -0.05) is 42.0 Å². The maximum absolute atomic E-state index is 13.1. The Morgan fingerprint density at radius 3 is 1.72 bits per heavy atom. The first-order valence-electron chi connectivity index (χ1n) is 10.3. The quantitative estimate of drug-likeness (QED) is 0.514. The molecule has 0 aliphatic carbocycles. The molecule has 0 bridgehead atoms. The molecule has 0 N–H and O–H groups in total. The van der Waals surface area contributed by atoms with Crippen LogP contribution in [0.2, 0.25) is 0 Å². The van der Waals surface area contributed by atoms with Crippen LogP contribution in [0, 0.1) is 12.7 Å². The number of aryl methyl sites for hydroxylation is 1. The largest absolute Gasteiger partial charge is 0.243 e. The van der Waals surface area contributed by atoms with E-state index in [1.54, 1.807) is 24.3 Å². The summed E-state index contributed by atoms with van der Waals surface area (Å²) in [6.07, 6.45) is 0.390. The lowest BCUT2D eigenvalue weighted by molar-refractivity contribution is 0.345. The molecule has 0 unspecified atom stereocenters. The molecule has 0 saturated carbocycles. The summed E-state index contributed by atoms with van der Waals surface area (Å²) in [6, 6.07) is 19.5. The zero-order valence-corrected chi connectivity index (χ0v) is 19.2. The van der Waals surface area contributed by atoms with Crippen molar-refractivity contribution in [3.05, 3.63) is 84.2 Å². The summed E-state index contributed by atoms with van der Waals surface area (Å²) in [4.78, 5) is 0.250. The fraction of sp³-hybridized carbons (Fsp3) is 0.250. The first-order valence-corrected chi connectivity index (χ1v) is 13.3. The van der Waals surface area contributed by atoms with Crippen LogP contribution in [0.25, 0.3) is 11.1 Å². The number of sulfonamides is 1. The Hall–Kier alpha value is -2.55. The average Bonchev–Trinajstić information content (AvgIpc) is 2.80. The number of benzene rings is 3. The fourth-order valence-electron chi connectivity index (χ4n) is 3.91. The van der Waals surface area contributed by atoms with Crippen molar-refractivity contribution in [1.29, 1.82) is 0 Å². The Bertz CT molecular complexity index is 1290. The summed E-state index contributed by atoms with van der Waals surface area (Å²) in [5, 5.41) is -0.691. The predicted molar refractivity (Wildman–Crippen MR) is 122 cm³/mol. The van der Waals surface area contributed by atoms with Crippen molar-refractivity contribution < 1.29 is 21.2 Å². The number of piperidine rings is 1. The monoisotopic (exact) mass is 473 g/mol. The molecule has 1 fully saturated rings. The lowest BCUT2D eigenvalue weighted by Gasteiger charge is -2.31.